The Labute approximate surface area is 190 Å². The van der Waals surface area contributed by atoms with Crippen molar-refractivity contribution in [3.8, 4) is 11.5 Å². The van der Waals surface area contributed by atoms with Gasteiger partial charge in [-0.15, -0.1) is 11.8 Å². The summed E-state index contributed by atoms with van der Waals surface area (Å²) in [5.74, 6) is -0.602. The van der Waals surface area contributed by atoms with E-state index in [9.17, 15) is 19.7 Å². The van der Waals surface area contributed by atoms with E-state index in [4.69, 9.17) is 19.3 Å². The van der Waals surface area contributed by atoms with Crippen LogP contribution < -0.4 is 9.47 Å². The van der Waals surface area contributed by atoms with Gasteiger partial charge in [-0.05, 0) is 31.6 Å². The van der Waals surface area contributed by atoms with Gasteiger partial charge in [0.05, 0.1) is 24.1 Å². The number of ether oxygens (including phenoxy) is 3. The lowest BCUT2D eigenvalue weighted by atomic mass is 10.1. The van der Waals surface area contributed by atoms with Gasteiger partial charge in [-0.3, -0.25) is 14.9 Å². The molecule has 0 aromatic heterocycles. The zero-order valence-corrected chi connectivity index (χ0v) is 19.1. The van der Waals surface area contributed by atoms with Gasteiger partial charge >= 0.3 is 5.97 Å². The van der Waals surface area contributed by atoms with Gasteiger partial charge in [0.1, 0.15) is 17.6 Å². The minimum absolute atomic E-state index is 0.0393. The molecule has 0 saturated carbocycles. The summed E-state index contributed by atoms with van der Waals surface area (Å²) in [5, 5.41) is 20.4. The molecule has 0 spiro atoms. The quantitative estimate of drug-likeness (QED) is 0.212. The number of nitro groups is 1. The van der Waals surface area contributed by atoms with Gasteiger partial charge in [0.2, 0.25) is 0 Å². The number of carbonyl (C=O) groups excluding carboxylic acids is 1. The highest BCUT2D eigenvalue weighted by atomic mass is 32.2. The third-order valence-electron chi connectivity index (χ3n) is 4.84. The number of amides is 1. The molecule has 10 nitrogen and oxygen atoms in total. The highest BCUT2D eigenvalue weighted by molar-refractivity contribution is 7.99. The lowest BCUT2D eigenvalue weighted by Gasteiger charge is -2.31. The number of rotatable bonds is 12. The van der Waals surface area contributed by atoms with E-state index < -0.39 is 22.5 Å². The summed E-state index contributed by atoms with van der Waals surface area (Å²) in [6, 6.07) is 2.25. The Morgan fingerprint density at radius 2 is 2.12 bits per heavy atom. The molecular weight excluding hydrogens is 440 g/mol. The van der Waals surface area contributed by atoms with E-state index in [2.05, 4.69) is 0 Å². The smallest absolute Gasteiger partial charge is 0.328 e. The Balaban J connectivity index is 2.37. The fraction of sp³-hybridized carbons (Fsp3) is 0.524. The number of carboxylic acids is 1. The van der Waals surface area contributed by atoms with Crippen molar-refractivity contribution in [2.24, 2.45) is 0 Å². The standard InChI is InChI=1S/C21H28N2O8S/c1-4-30-21(32-5-2)15-8-6-10-22(15)20(26)14-12-17(29-3)18(13-16(14)23(27)28)31-11-7-9-19(24)25/h7,9,12-13,15,21H,4-6,8,10-11H2,1-3H3,(H,24,25)/t15-,21?/m0/s1. The average molecular weight is 469 g/mol. The van der Waals surface area contributed by atoms with Crippen molar-refractivity contribution in [1.29, 1.82) is 0 Å². The highest BCUT2D eigenvalue weighted by Crippen LogP contribution is 2.37. The predicted molar refractivity (Wildman–Crippen MR) is 120 cm³/mol. The van der Waals surface area contributed by atoms with E-state index in [1.165, 1.54) is 19.3 Å². The Kier molecular flexibility index (Phi) is 9.79. The normalized spacial score (nSPS) is 16.8. The molecule has 0 radical (unpaired) electrons. The summed E-state index contributed by atoms with van der Waals surface area (Å²) in [7, 11) is 1.36. The molecule has 2 rings (SSSR count). The fourth-order valence-electron chi connectivity index (χ4n) is 3.51. The van der Waals surface area contributed by atoms with Crippen LogP contribution in [0.3, 0.4) is 0 Å². The molecule has 2 atom stereocenters. The zero-order chi connectivity index (χ0) is 23.7. The second-order valence-electron chi connectivity index (χ2n) is 6.82. The third-order valence-corrected chi connectivity index (χ3v) is 5.95. The minimum atomic E-state index is -1.14. The molecule has 0 aliphatic carbocycles. The largest absolute Gasteiger partial charge is 0.493 e. The highest BCUT2D eigenvalue weighted by Gasteiger charge is 2.38. The molecule has 1 saturated heterocycles. The van der Waals surface area contributed by atoms with Crippen LogP contribution in [0.1, 0.15) is 37.0 Å². The van der Waals surface area contributed by atoms with Crippen LogP contribution in [-0.4, -0.2) is 70.9 Å². The lowest BCUT2D eigenvalue weighted by Crippen LogP contribution is -2.43. The molecular formula is C21H28N2O8S. The number of thioether (sulfide) groups is 1. The molecule has 11 heteroatoms. The van der Waals surface area contributed by atoms with E-state index in [-0.39, 0.29) is 35.1 Å². The Hall–Kier alpha value is -2.79. The van der Waals surface area contributed by atoms with Crippen molar-refractivity contribution in [2.45, 2.75) is 38.2 Å². The molecule has 1 aromatic rings. The number of carbonyl (C=O) groups is 2. The molecule has 0 bridgehead atoms. The summed E-state index contributed by atoms with van der Waals surface area (Å²) in [4.78, 5) is 36.7. The molecule has 1 fully saturated rings. The number of benzene rings is 1. The number of aliphatic carboxylic acids is 1. The van der Waals surface area contributed by atoms with Crippen LogP contribution in [-0.2, 0) is 9.53 Å². The van der Waals surface area contributed by atoms with Crippen LogP contribution in [0.5, 0.6) is 11.5 Å². The molecule has 1 aliphatic heterocycles. The van der Waals surface area contributed by atoms with Crippen molar-refractivity contribution in [1.82, 2.24) is 4.90 Å². The number of hydrogen-bond donors (Lipinski definition) is 1. The van der Waals surface area contributed by atoms with E-state index >= 15 is 0 Å². The van der Waals surface area contributed by atoms with Crippen molar-refractivity contribution in [3.05, 3.63) is 40.0 Å². The van der Waals surface area contributed by atoms with Crippen molar-refractivity contribution in [3.63, 3.8) is 0 Å². The molecule has 176 valence electrons. The topological polar surface area (TPSA) is 128 Å². The summed E-state index contributed by atoms with van der Waals surface area (Å²) in [6.07, 6.45) is 3.69. The van der Waals surface area contributed by atoms with Crippen LogP contribution in [0.25, 0.3) is 0 Å². The molecule has 1 aliphatic rings. The van der Waals surface area contributed by atoms with Crippen LogP contribution >= 0.6 is 11.8 Å². The van der Waals surface area contributed by atoms with Gasteiger partial charge in [0, 0.05) is 25.3 Å². The number of carboxylic acid groups (broad SMARTS) is 1. The first-order chi connectivity index (χ1) is 15.3. The average Bonchev–Trinajstić information content (AvgIpc) is 3.25. The number of nitrogens with zero attached hydrogens (tertiary/aromatic N) is 2. The van der Waals surface area contributed by atoms with Gasteiger partial charge in [-0.2, -0.15) is 0 Å². The Bertz CT molecular complexity index is 854. The van der Waals surface area contributed by atoms with E-state index in [1.54, 1.807) is 16.7 Å². The van der Waals surface area contributed by atoms with E-state index in [0.717, 1.165) is 30.7 Å². The first-order valence-corrected chi connectivity index (χ1v) is 11.3. The lowest BCUT2D eigenvalue weighted by molar-refractivity contribution is -0.385. The first kappa shape index (κ1) is 25.5. The van der Waals surface area contributed by atoms with E-state index in [1.807, 2.05) is 13.8 Å². The molecule has 1 amide bonds. The van der Waals surface area contributed by atoms with Crippen LogP contribution in [0.4, 0.5) is 5.69 Å². The molecule has 1 heterocycles. The van der Waals surface area contributed by atoms with Crippen molar-refractivity contribution >= 4 is 29.3 Å². The molecule has 1 unspecified atom stereocenters. The number of hydrogen-bond acceptors (Lipinski definition) is 8. The maximum absolute atomic E-state index is 13.4. The van der Waals surface area contributed by atoms with Crippen molar-refractivity contribution in [2.75, 3.05) is 32.6 Å². The fourth-order valence-corrected chi connectivity index (χ4v) is 4.58. The summed E-state index contributed by atoms with van der Waals surface area (Å²) in [5.41, 5.74) is -0.709. The van der Waals surface area contributed by atoms with Gasteiger partial charge in [-0.1, -0.05) is 6.92 Å². The summed E-state index contributed by atoms with van der Waals surface area (Å²) >= 11 is 1.61. The van der Waals surface area contributed by atoms with Crippen LogP contribution in [0, 0.1) is 10.1 Å². The second-order valence-corrected chi connectivity index (χ2v) is 8.19. The second kappa shape index (κ2) is 12.3. The maximum Gasteiger partial charge on any atom is 0.328 e. The molecule has 32 heavy (non-hydrogen) atoms. The number of likely N-dealkylation sites (tertiary alicyclic amines) is 1. The van der Waals surface area contributed by atoms with Crippen LogP contribution in [0.15, 0.2) is 24.3 Å². The van der Waals surface area contributed by atoms with Crippen LogP contribution in [0.2, 0.25) is 0 Å². The van der Waals surface area contributed by atoms with Gasteiger partial charge in [0.15, 0.2) is 11.5 Å². The SMILES string of the molecule is CCOC(SCC)[C@@H]1CCCN1C(=O)c1cc(OC)c(OCC=CC(=O)O)cc1[N+](=O)[O-]. The van der Waals surface area contributed by atoms with Gasteiger partial charge in [-0.25, -0.2) is 4.79 Å². The van der Waals surface area contributed by atoms with Gasteiger partial charge in [0.25, 0.3) is 11.6 Å². The number of methoxy groups -OCH3 is 1. The maximum atomic E-state index is 13.4. The zero-order valence-electron chi connectivity index (χ0n) is 18.3. The Morgan fingerprint density at radius 1 is 1.38 bits per heavy atom. The summed E-state index contributed by atoms with van der Waals surface area (Å²) in [6.45, 7) is 4.76. The monoisotopic (exact) mass is 468 g/mol. The van der Waals surface area contributed by atoms with Crippen molar-refractivity contribution < 1.29 is 33.8 Å². The first-order valence-electron chi connectivity index (χ1n) is 10.3. The molecule has 1 N–H and O–H groups in total. The minimum Gasteiger partial charge on any atom is -0.493 e. The summed E-state index contributed by atoms with van der Waals surface area (Å²) < 4.78 is 16.5. The Morgan fingerprint density at radius 3 is 2.72 bits per heavy atom. The molecule has 1 aromatic carbocycles. The van der Waals surface area contributed by atoms with Gasteiger partial charge < -0.3 is 24.2 Å². The van der Waals surface area contributed by atoms with E-state index in [0.29, 0.717) is 13.2 Å². The predicted octanol–water partition coefficient (Wildman–Crippen LogP) is 3.34. The number of nitro benzene ring substituents is 1. The third kappa shape index (κ3) is 6.36.